The number of halogens is 2. The predicted octanol–water partition coefficient (Wildman–Crippen LogP) is 2.65. The number of carbonyl (C=O) groups is 1. The second-order valence-electron chi connectivity index (χ2n) is 8.11. The average Bonchev–Trinajstić information content (AvgIpc) is 3.53. The molecule has 0 spiro atoms. The third-order valence-corrected chi connectivity index (χ3v) is 8.32. The van der Waals surface area contributed by atoms with Gasteiger partial charge in [-0.15, -0.1) is 11.8 Å². The number of carbonyl (C=O) groups excluding carboxylic acids is 1. The first kappa shape index (κ1) is 23.1. The number of nitrogens with zero attached hydrogens (tertiary/aromatic N) is 5. The maximum Gasteiger partial charge on any atom is 0.238 e. The zero-order chi connectivity index (χ0) is 23.1. The summed E-state index contributed by atoms with van der Waals surface area (Å²) in [5.41, 5.74) is 2.01. The molecule has 0 bridgehead atoms. The van der Waals surface area contributed by atoms with Crippen molar-refractivity contribution >= 4 is 68.8 Å². The summed E-state index contributed by atoms with van der Waals surface area (Å²) in [4.78, 5) is 27.7. The molecular weight excluding hydrogens is 579 g/mol. The molecule has 0 aliphatic carbocycles. The largest absolute Gasteiger partial charge is 0.389 e. The number of aromatic nitrogens is 4. The van der Waals surface area contributed by atoms with Crippen LogP contribution in [0.15, 0.2) is 30.6 Å². The van der Waals surface area contributed by atoms with E-state index in [1.165, 1.54) is 11.8 Å². The molecule has 4 heterocycles. The van der Waals surface area contributed by atoms with Gasteiger partial charge in [0, 0.05) is 23.2 Å². The molecule has 0 unspecified atom stereocenters. The average molecular weight is 601 g/mol. The van der Waals surface area contributed by atoms with Crippen LogP contribution in [0, 0.1) is 3.57 Å². The summed E-state index contributed by atoms with van der Waals surface area (Å²) in [6.07, 6.45) is 1.14. The molecule has 2 aromatic heterocycles. The first-order valence-corrected chi connectivity index (χ1v) is 13.0. The number of aliphatic hydroxyl groups is 2. The third-order valence-electron chi connectivity index (χ3n) is 5.92. The SMILES string of the molecule is O=C([C@H]1S[C@@H](n2cnc3c(NCc4cccc(I)c4)nc(Cl)nc32)[C@H](O)[C@@H]1O)N1CCCC1. The number of rotatable bonds is 5. The molecule has 174 valence electrons. The molecule has 2 fully saturated rings. The molecule has 1 amide bonds. The first-order valence-electron chi connectivity index (χ1n) is 10.6. The van der Waals surface area contributed by atoms with Gasteiger partial charge in [-0.1, -0.05) is 12.1 Å². The van der Waals surface area contributed by atoms with Gasteiger partial charge in [-0.05, 0) is 64.7 Å². The molecule has 3 aromatic rings. The van der Waals surface area contributed by atoms with E-state index in [0.29, 0.717) is 36.6 Å². The van der Waals surface area contributed by atoms with Gasteiger partial charge in [0.2, 0.25) is 11.2 Å². The van der Waals surface area contributed by atoms with E-state index in [-0.39, 0.29) is 11.2 Å². The lowest BCUT2D eigenvalue weighted by atomic mass is 10.1. The fourth-order valence-corrected chi connectivity index (χ4v) is 6.51. The molecule has 5 rings (SSSR count). The number of amides is 1. The van der Waals surface area contributed by atoms with Crippen molar-refractivity contribution in [1.29, 1.82) is 0 Å². The van der Waals surface area contributed by atoms with Crippen LogP contribution in [0.1, 0.15) is 23.8 Å². The number of benzene rings is 1. The molecule has 4 atom stereocenters. The number of hydrogen-bond acceptors (Lipinski definition) is 8. The maximum absolute atomic E-state index is 12.9. The van der Waals surface area contributed by atoms with E-state index >= 15 is 0 Å². The number of thioether (sulfide) groups is 1. The van der Waals surface area contributed by atoms with Crippen LogP contribution in [0.4, 0.5) is 5.82 Å². The minimum absolute atomic E-state index is 0.0390. The Hall–Kier alpha value is -1.67. The van der Waals surface area contributed by atoms with Gasteiger partial charge in [-0.3, -0.25) is 9.36 Å². The number of hydrogen-bond donors (Lipinski definition) is 3. The highest BCUT2D eigenvalue weighted by molar-refractivity contribution is 14.1. The second kappa shape index (κ2) is 9.53. The molecule has 2 aliphatic rings. The molecule has 2 saturated heterocycles. The molecule has 1 aromatic carbocycles. The van der Waals surface area contributed by atoms with Crippen LogP contribution in [-0.4, -0.2) is 71.1 Å². The fraction of sp³-hybridized carbons (Fsp3) is 0.429. The Morgan fingerprint density at radius 3 is 2.79 bits per heavy atom. The van der Waals surface area contributed by atoms with Crippen LogP contribution in [0.25, 0.3) is 11.2 Å². The van der Waals surface area contributed by atoms with E-state index in [1.54, 1.807) is 15.8 Å². The van der Waals surface area contributed by atoms with E-state index in [9.17, 15) is 15.0 Å². The van der Waals surface area contributed by atoms with Crippen molar-refractivity contribution in [2.24, 2.45) is 0 Å². The van der Waals surface area contributed by atoms with Crippen LogP contribution >= 0.6 is 46.0 Å². The minimum atomic E-state index is -1.18. The lowest BCUT2D eigenvalue weighted by Crippen LogP contribution is -2.42. The summed E-state index contributed by atoms with van der Waals surface area (Å²) in [7, 11) is 0. The summed E-state index contributed by atoms with van der Waals surface area (Å²) in [5, 5.41) is 23.4. The van der Waals surface area contributed by atoms with Crippen molar-refractivity contribution in [3.63, 3.8) is 0 Å². The number of anilines is 1. The van der Waals surface area contributed by atoms with Crippen molar-refractivity contribution in [1.82, 2.24) is 24.4 Å². The Balaban J connectivity index is 1.41. The van der Waals surface area contributed by atoms with Gasteiger partial charge in [0.1, 0.15) is 22.8 Å². The maximum atomic E-state index is 12.9. The Kier molecular flexibility index (Phi) is 6.67. The molecule has 0 radical (unpaired) electrons. The van der Waals surface area contributed by atoms with E-state index in [2.05, 4.69) is 48.9 Å². The van der Waals surface area contributed by atoms with E-state index in [0.717, 1.165) is 22.0 Å². The van der Waals surface area contributed by atoms with Gasteiger partial charge in [0.25, 0.3) is 0 Å². The smallest absolute Gasteiger partial charge is 0.238 e. The van der Waals surface area contributed by atoms with Crippen LogP contribution in [0.2, 0.25) is 5.28 Å². The number of likely N-dealkylation sites (tertiary alicyclic amines) is 1. The van der Waals surface area contributed by atoms with Crippen molar-refractivity contribution in [2.75, 3.05) is 18.4 Å². The van der Waals surface area contributed by atoms with Crippen LogP contribution in [0.5, 0.6) is 0 Å². The minimum Gasteiger partial charge on any atom is -0.389 e. The topological polar surface area (TPSA) is 116 Å². The van der Waals surface area contributed by atoms with Crippen LogP contribution in [0.3, 0.4) is 0 Å². The fourth-order valence-electron chi connectivity index (χ4n) is 4.24. The summed E-state index contributed by atoms with van der Waals surface area (Å²) >= 11 is 9.70. The first-order chi connectivity index (χ1) is 15.9. The monoisotopic (exact) mass is 600 g/mol. The molecule has 33 heavy (non-hydrogen) atoms. The lowest BCUT2D eigenvalue weighted by molar-refractivity contribution is -0.132. The summed E-state index contributed by atoms with van der Waals surface area (Å²) < 4.78 is 2.79. The Morgan fingerprint density at radius 1 is 1.24 bits per heavy atom. The predicted molar refractivity (Wildman–Crippen MR) is 135 cm³/mol. The van der Waals surface area contributed by atoms with E-state index in [1.807, 2.05) is 18.2 Å². The van der Waals surface area contributed by atoms with E-state index < -0.39 is 22.8 Å². The summed E-state index contributed by atoms with van der Waals surface area (Å²) in [5.74, 6) is 0.341. The highest BCUT2D eigenvalue weighted by Gasteiger charge is 2.48. The number of nitrogens with one attached hydrogen (secondary N) is 1. The van der Waals surface area contributed by atoms with Gasteiger partial charge in [0.05, 0.1) is 6.33 Å². The summed E-state index contributed by atoms with van der Waals surface area (Å²) in [6, 6.07) is 8.08. The Bertz CT molecular complexity index is 1190. The van der Waals surface area contributed by atoms with Gasteiger partial charge in [0.15, 0.2) is 17.0 Å². The molecule has 0 saturated carbocycles. The molecule has 9 nitrogen and oxygen atoms in total. The van der Waals surface area contributed by atoms with Gasteiger partial charge >= 0.3 is 0 Å². The van der Waals surface area contributed by atoms with Crippen molar-refractivity contribution in [3.8, 4) is 0 Å². The zero-order valence-electron chi connectivity index (χ0n) is 17.4. The van der Waals surface area contributed by atoms with Gasteiger partial charge in [-0.2, -0.15) is 9.97 Å². The Labute approximate surface area is 213 Å². The van der Waals surface area contributed by atoms with Crippen LogP contribution in [-0.2, 0) is 11.3 Å². The Morgan fingerprint density at radius 2 is 2.03 bits per heavy atom. The molecule has 2 aliphatic heterocycles. The van der Waals surface area contributed by atoms with Gasteiger partial charge in [-0.25, -0.2) is 4.98 Å². The third kappa shape index (κ3) is 4.53. The van der Waals surface area contributed by atoms with Crippen molar-refractivity contribution < 1.29 is 15.0 Å². The quantitative estimate of drug-likeness (QED) is 0.303. The molecule has 3 N–H and O–H groups in total. The van der Waals surface area contributed by atoms with Crippen molar-refractivity contribution in [2.45, 2.75) is 42.2 Å². The van der Waals surface area contributed by atoms with Crippen LogP contribution < -0.4 is 5.32 Å². The number of imidazole rings is 1. The standard InChI is InChI=1S/C21H22ClIN6O3S/c22-21-26-17(24-9-11-4-3-5-12(23)8-11)13-18(27-21)29(10-25-13)20-15(31)14(30)16(33-20)19(32)28-6-1-2-7-28/h3-5,8,10,14-16,20,30-31H,1-2,6-7,9H2,(H,24,26,27)/t14-,15+,16-,20+/m0/s1. The normalized spacial score (nSPS) is 25.2. The van der Waals surface area contributed by atoms with E-state index in [4.69, 9.17) is 11.6 Å². The zero-order valence-corrected chi connectivity index (χ0v) is 21.2. The highest BCUT2D eigenvalue weighted by atomic mass is 127. The summed E-state index contributed by atoms with van der Waals surface area (Å²) in [6.45, 7) is 1.91. The molecular formula is C21H22ClIN6O3S. The molecule has 12 heteroatoms. The highest BCUT2D eigenvalue weighted by Crippen LogP contribution is 2.44. The van der Waals surface area contributed by atoms with Crippen molar-refractivity contribution in [3.05, 3.63) is 45.0 Å². The lowest BCUT2D eigenvalue weighted by Gasteiger charge is -2.21. The number of fused-ring (bicyclic) bond motifs is 1. The second-order valence-corrected chi connectivity index (χ2v) is 11.0. The van der Waals surface area contributed by atoms with Gasteiger partial charge < -0.3 is 20.4 Å². The number of aliphatic hydroxyl groups excluding tert-OH is 2.